The summed E-state index contributed by atoms with van der Waals surface area (Å²) in [5.41, 5.74) is 0.291. The number of hydrogen-bond donors (Lipinski definition) is 2. The van der Waals surface area contributed by atoms with Crippen molar-refractivity contribution in [2.75, 3.05) is 5.32 Å². The van der Waals surface area contributed by atoms with Crippen molar-refractivity contribution < 1.29 is 14.7 Å². The van der Waals surface area contributed by atoms with Crippen molar-refractivity contribution in [3.63, 3.8) is 0 Å². The molecule has 0 aromatic carbocycles. The third-order valence-corrected chi connectivity index (χ3v) is 3.38. The van der Waals surface area contributed by atoms with Crippen molar-refractivity contribution in [1.29, 1.82) is 0 Å². The summed E-state index contributed by atoms with van der Waals surface area (Å²) in [6.07, 6.45) is 6.46. The Morgan fingerprint density at radius 1 is 1.39 bits per heavy atom. The Kier molecular flexibility index (Phi) is 3.64. The second-order valence-corrected chi connectivity index (χ2v) is 4.66. The van der Waals surface area contributed by atoms with Gasteiger partial charge >= 0.3 is 5.97 Å². The fourth-order valence-electron chi connectivity index (χ4n) is 2.38. The summed E-state index contributed by atoms with van der Waals surface area (Å²) < 4.78 is 1.25. The molecule has 1 aromatic rings. The van der Waals surface area contributed by atoms with Crippen LogP contribution in [-0.2, 0) is 11.8 Å². The topological polar surface area (TPSA) is 84.2 Å². The minimum absolute atomic E-state index is 0.000557. The smallest absolute Gasteiger partial charge is 0.356 e. The maximum Gasteiger partial charge on any atom is 0.356 e. The standard InChI is InChI=1S/C12H17N3O3/c1-15-10(12(17)18)9(7-13-15)14-11(16)8-5-3-2-4-6-8/h7-8H,2-6H2,1H3,(H,14,16)(H,17,18). The minimum Gasteiger partial charge on any atom is -0.476 e. The number of nitrogens with zero attached hydrogens (tertiary/aromatic N) is 2. The van der Waals surface area contributed by atoms with Crippen LogP contribution in [-0.4, -0.2) is 26.8 Å². The van der Waals surface area contributed by atoms with Crippen molar-refractivity contribution in [3.05, 3.63) is 11.9 Å². The molecule has 2 rings (SSSR count). The number of carbonyl (C=O) groups excluding carboxylic acids is 1. The predicted octanol–water partition coefficient (Wildman–Crippen LogP) is 1.64. The minimum atomic E-state index is -1.09. The molecular weight excluding hydrogens is 234 g/mol. The predicted molar refractivity (Wildman–Crippen MR) is 65.4 cm³/mol. The largest absolute Gasteiger partial charge is 0.476 e. The van der Waals surface area contributed by atoms with Crippen molar-refractivity contribution in [3.8, 4) is 0 Å². The highest BCUT2D eigenvalue weighted by Gasteiger charge is 2.24. The number of aromatic carboxylic acids is 1. The van der Waals surface area contributed by atoms with Gasteiger partial charge in [0, 0.05) is 13.0 Å². The van der Waals surface area contributed by atoms with Gasteiger partial charge in [-0.1, -0.05) is 19.3 Å². The zero-order valence-electron chi connectivity index (χ0n) is 10.3. The summed E-state index contributed by atoms with van der Waals surface area (Å²) in [5.74, 6) is -1.18. The van der Waals surface area contributed by atoms with Crippen LogP contribution in [0.1, 0.15) is 42.6 Å². The fourth-order valence-corrected chi connectivity index (χ4v) is 2.38. The summed E-state index contributed by atoms with van der Waals surface area (Å²) in [6, 6.07) is 0. The molecule has 0 saturated heterocycles. The quantitative estimate of drug-likeness (QED) is 0.855. The molecule has 0 radical (unpaired) electrons. The van der Waals surface area contributed by atoms with Gasteiger partial charge in [0.25, 0.3) is 0 Å². The Hall–Kier alpha value is -1.85. The average molecular weight is 251 g/mol. The van der Waals surface area contributed by atoms with E-state index < -0.39 is 5.97 Å². The number of aryl methyl sites for hydroxylation is 1. The summed E-state index contributed by atoms with van der Waals surface area (Å²) in [7, 11) is 1.54. The molecule has 0 bridgehead atoms. The van der Waals surface area contributed by atoms with E-state index in [1.807, 2.05) is 0 Å². The van der Waals surface area contributed by atoms with E-state index in [0.717, 1.165) is 25.7 Å². The number of carboxylic acid groups (broad SMARTS) is 1. The van der Waals surface area contributed by atoms with E-state index in [0.29, 0.717) is 0 Å². The first-order valence-corrected chi connectivity index (χ1v) is 6.15. The maximum atomic E-state index is 12.0. The van der Waals surface area contributed by atoms with E-state index in [1.54, 1.807) is 7.05 Å². The van der Waals surface area contributed by atoms with Gasteiger partial charge in [-0.15, -0.1) is 0 Å². The lowest BCUT2D eigenvalue weighted by atomic mass is 9.88. The van der Waals surface area contributed by atoms with Crippen LogP contribution in [0.15, 0.2) is 6.20 Å². The lowest BCUT2D eigenvalue weighted by molar-refractivity contribution is -0.120. The Morgan fingerprint density at radius 2 is 2.06 bits per heavy atom. The first-order valence-electron chi connectivity index (χ1n) is 6.15. The summed E-state index contributed by atoms with van der Waals surface area (Å²) >= 11 is 0. The number of hydrogen-bond acceptors (Lipinski definition) is 3. The van der Waals surface area contributed by atoms with Gasteiger partial charge in [-0.2, -0.15) is 5.10 Å². The molecule has 1 saturated carbocycles. The van der Waals surface area contributed by atoms with Gasteiger partial charge in [0.15, 0.2) is 5.69 Å². The molecule has 0 unspecified atom stereocenters. The number of anilines is 1. The van der Waals surface area contributed by atoms with E-state index in [1.165, 1.54) is 17.3 Å². The highest BCUT2D eigenvalue weighted by molar-refractivity contribution is 5.99. The number of rotatable bonds is 3. The summed E-state index contributed by atoms with van der Waals surface area (Å²) in [6.45, 7) is 0. The van der Waals surface area contributed by atoms with E-state index in [2.05, 4.69) is 10.4 Å². The van der Waals surface area contributed by atoms with Crippen molar-refractivity contribution in [2.24, 2.45) is 13.0 Å². The lowest BCUT2D eigenvalue weighted by Gasteiger charge is -2.20. The molecule has 0 spiro atoms. The van der Waals surface area contributed by atoms with E-state index >= 15 is 0 Å². The van der Waals surface area contributed by atoms with Crippen LogP contribution in [0.3, 0.4) is 0 Å². The molecule has 1 aliphatic rings. The molecule has 1 aliphatic carbocycles. The van der Waals surface area contributed by atoms with Gasteiger partial charge in [-0.3, -0.25) is 9.48 Å². The molecular formula is C12H17N3O3. The number of amides is 1. The Bertz CT molecular complexity index is 461. The molecule has 2 N–H and O–H groups in total. The van der Waals surface area contributed by atoms with Crippen LogP contribution in [0, 0.1) is 5.92 Å². The molecule has 6 heteroatoms. The Labute approximate surface area is 105 Å². The van der Waals surface area contributed by atoms with Gasteiger partial charge in [-0.05, 0) is 12.8 Å². The zero-order valence-corrected chi connectivity index (χ0v) is 10.3. The number of nitrogens with one attached hydrogen (secondary N) is 1. The molecule has 1 aromatic heterocycles. The molecule has 0 aliphatic heterocycles. The van der Waals surface area contributed by atoms with Crippen molar-refractivity contribution in [2.45, 2.75) is 32.1 Å². The third kappa shape index (κ3) is 2.52. The van der Waals surface area contributed by atoms with Gasteiger partial charge in [0.05, 0.1) is 11.9 Å². The van der Waals surface area contributed by atoms with Crippen LogP contribution in [0.5, 0.6) is 0 Å². The molecule has 0 atom stereocenters. The normalized spacial score (nSPS) is 16.5. The van der Waals surface area contributed by atoms with Gasteiger partial charge < -0.3 is 10.4 Å². The van der Waals surface area contributed by atoms with Crippen LogP contribution >= 0.6 is 0 Å². The number of carboxylic acids is 1. The van der Waals surface area contributed by atoms with Crippen LogP contribution in [0.2, 0.25) is 0 Å². The second kappa shape index (κ2) is 5.20. The molecule has 1 fully saturated rings. The van der Waals surface area contributed by atoms with E-state index in [-0.39, 0.29) is 23.2 Å². The van der Waals surface area contributed by atoms with Crippen LogP contribution < -0.4 is 5.32 Å². The fraction of sp³-hybridized carbons (Fsp3) is 0.583. The van der Waals surface area contributed by atoms with Gasteiger partial charge in [0.1, 0.15) is 0 Å². The zero-order chi connectivity index (χ0) is 13.1. The molecule has 1 heterocycles. The van der Waals surface area contributed by atoms with E-state index in [9.17, 15) is 9.59 Å². The van der Waals surface area contributed by atoms with Crippen molar-refractivity contribution in [1.82, 2.24) is 9.78 Å². The van der Waals surface area contributed by atoms with E-state index in [4.69, 9.17) is 5.11 Å². The van der Waals surface area contributed by atoms with Crippen LogP contribution in [0.25, 0.3) is 0 Å². The molecule has 18 heavy (non-hydrogen) atoms. The lowest BCUT2D eigenvalue weighted by Crippen LogP contribution is -2.25. The first kappa shape index (κ1) is 12.6. The summed E-state index contributed by atoms with van der Waals surface area (Å²) in [5, 5.41) is 15.6. The first-order chi connectivity index (χ1) is 8.59. The highest BCUT2D eigenvalue weighted by Crippen LogP contribution is 2.25. The molecule has 1 amide bonds. The van der Waals surface area contributed by atoms with Crippen molar-refractivity contribution >= 4 is 17.6 Å². The Balaban J connectivity index is 2.09. The molecule has 98 valence electrons. The monoisotopic (exact) mass is 251 g/mol. The summed E-state index contributed by atoms with van der Waals surface area (Å²) in [4.78, 5) is 23.1. The van der Waals surface area contributed by atoms with Gasteiger partial charge in [-0.25, -0.2) is 4.79 Å². The maximum absolute atomic E-state index is 12.0. The Morgan fingerprint density at radius 3 is 2.67 bits per heavy atom. The number of carbonyl (C=O) groups is 2. The average Bonchev–Trinajstić information content (AvgIpc) is 2.71. The highest BCUT2D eigenvalue weighted by atomic mass is 16.4. The SMILES string of the molecule is Cn1ncc(NC(=O)C2CCCCC2)c1C(=O)O. The number of aromatic nitrogens is 2. The second-order valence-electron chi connectivity index (χ2n) is 4.66. The van der Waals surface area contributed by atoms with Crippen LogP contribution in [0.4, 0.5) is 5.69 Å². The third-order valence-electron chi connectivity index (χ3n) is 3.38. The molecule has 6 nitrogen and oxygen atoms in total. The van der Waals surface area contributed by atoms with Gasteiger partial charge in [0.2, 0.25) is 5.91 Å².